The zero-order valence-electron chi connectivity index (χ0n) is 13.4. The van der Waals surface area contributed by atoms with E-state index in [1.807, 2.05) is 13.8 Å². The first-order chi connectivity index (χ1) is 9.61. The van der Waals surface area contributed by atoms with Gasteiger partial charge in [0.05, 0.1) is 17.1 Å². The predicted octanol–water partition coefficient (Wildman–Crippen LogP) is 2.18. The van der Waals surface area contributed by atoms with E-state index in [0.717, 1.165) is 5.56 Å². The smallest absolute Gasteiger partial charge is 0.243 e. The van der Waals surface area contributed by atoms with Crippen molar-refractivity contribution in [1.29, 1.82) is 0 Å². The third-order valence-electron chi connectivity index (χ3n) is 3.00. The molecule has 0 heterocycles. The fraction of sp³-hybridized carbons (Fsp3) is 0.600. The van der Waals surface area contributed by atoms with Crippen LogP contribution >= 0.6 is 0 Å². The molecule has 0 saturated heterocycles. The molecule has 0 unspecified atom stereocenters. The molecular formula is C15H25NO4S. The normalized spacial score (nSPS) is 12.7. The number of sulfonamides is 1. The van der Waals surface area contributed by atoms with Gasteiger partial charge in [0.1, 0.15) is 5.75 Å². The summed E-state index contributed by atoms with van der Waals surface area (Å²) in [5.74, 6) is 0.682. The van der Waals surface area contributed by atoms with Crippen molar-refractivity contribution in [2.75, 3.05) is 19.7 Å². The van der Waals surface area contributed by atoms with Crippen LogP contribution in [0.15, 0.2) is 23.1 Å². The van der Waals surface area contributed by atoms with Crippen LogP contribution in [-0.4, -0.2) is 43.1 Å². The Morgan fingerprint density at radius 3 is 2.33 bits per heavy atom. The molecule has 21 heavy (non-hydrogen) atoms. The zero-order chi connectivity index (χ0) is 16.3. The lowest BCUT2D eigenvalue weighted by Crippen LogP contribution is -2.42. The number of aryl methyl sites for hydroxylation is 1. The van der Waals surface area contributed by atoms with Crippen molar-refractivity contribution in [3.63, 3.8) is 0 Å². The van der Waals surface area contributed by atoms with Crippen LogP contribution in [0.5, 0.6) is 5.75 Å². The average Bonchev–Trinajstić information content (AvgIpc) is 2.37. The highest BCUT2D eigenvalue weighted by atomic mass is 32.2. The topological polar surface area (TPSA) is 66.8 Å². The Hall–Kier alpha value is -1.11. The average molecular weight is 315 g/mol. The van der Waals surface area contributed by atoms with Crippen LogP contribution in [0.3, 0.4) is 0 Å². The molecular weight excluding hydrogens is 290 g/mol. The Morgan fingerprint density at radius 2 is 1.90 bits per heavy atom. The van der Waals surface area contributed by atoms with Gasteiger partial charge in [-0.15, -0.1) is 0 Å². The summed E-state index contributed by atoms with van der Waals surface area (Å²) in [6, 6.07) is 4.82. The highest BCUT2D eigenvalue weighted by Gasteiger charge is 2.28. The molecule has 0 aliphatic rings. The summed E-state index contributed by atoms with van der Waals surface area (Å²) in [6.45, 7) is 9.53. The van der Waals surface area contributed by atoms with Gasteiger partial charge in [-0.3, -0.25) is 0 Å². The van der Waals surface area contributed by atoms with Crippen molar-refractivity contribution in [3.05, 3.63) is 23.8 Å². The first kappa shape index (κ1) is 17.9. The number of aliphatic hydroxyl groups is 1. The van der Waals surface area contributed by atoms with Gasteiger partial charge in [0.2, 0.25) is 10.0 Å². The summed E-state index contributed by atoms with van der Waals surface area (Å²) in [4.78, 5) is 0.217. The zero-order valence-corrected chi connectivity index (χ0v) is 14.2. The van der Waals surface area contributed by atoms with Crippen LogP contribution in [0.4, 0.5) is 0 Å². The van der Waals surface area contributed by atoms with Crippen LogP contribution in [0, 0.1) is 6.92 Å². The highest BCUT2D eigenvalue weighted by Crippen LogP contribution is 2.24. The molecule has 5 nitrogen and oxygen atoms in total. The summed E-state index contributed by atoms with van der Waals surface area (Å²) in [6.07, 6.45) is 0. The molecule has 1 aromatic carbocycles. The molecule has 0 aromatic heterocycles. The van der Waals surface area contributed by atoms with Crippen molar-refractivity contribution < 1.29 is 18.3 Å². The first-order valence-corrected chi connectivity index (χ1v) is 8.51. The molecule has 0 radical (unpaired) electrons. The van der Waals surface area contributed by atoms with Crippen LogP contribution in [0.2, 0.25) is 0 Å². The SMILES string of the molecule is CCOc1ccc(S(=O)(=O)N(CC)CC(C)(C)O)cc1C. The summed E-state index contributed by atoms with van der Waals surface area (Å²) in [5, 5.41) is 9.87. The lowest BCUT2D eigenvalue weighted by molar-refractivity contribution is 0.0601. The molecule has 1 rings (SSSR count). The molecule has 0 fully saturated rings. The third kappa shape index (κ3) is 4.69. The Morgan fingerprint density at radius 1 is 1.29 bits per heavy atom. The second kappa shape index (κ2) is 6.77. The quantitative estimate of drug-likeness (QED) is 0.837. The van der Waals surface area contributed by atoms with Crippen molar-refractivity contribution >= 4 is 10.0 Å². The largest absolute Gasteiger partial charge is 0.494 e. The van der Waals surface area contributed by atoms with E-state index in [9.17, 15) is 13.5 Å². The van der Waals surface area contributed by atoms with E-state index >= 15 is 0 Å². The molecule has 0 aliphatic heterocycles. The number of hydrogen-bond acceptors (Lipinski definition) is 4. The van der Waals surface area contributed by atoms with E-state index in [1.165, 1.54) is 4.31 Å². The second-order valence-corrected chi connectivity index (χ2v) is 7.54. The minimum atomic E-state index is -3.62. The van der Waals surface area contributed by atoms with Gasteiger partial charge in [-0.1, -0.05) is 6.92 Å². The summed E-state index contributed by atoms with van der Waals surface area (Å²) < 4.78 is 32.0. The maximum absolute atomic E-state index is 12.6. The molecule has 0 spiro atoms. The van der Waals surface area contributed by atoms with Crippen LogP contribution in [-0.2, 0) is 10.0 Å². The fourth-order valence-corrected chi connectivity index (χ4v) is 3.74. The van der Waals surface area contributed by atoms with E-state index < -0.39 is 15.6 Å². The van der Waals surface area contributed by atoms with Gasteiger partial charge in [0.15, 0.2) is 0 Å². The molecule has 6 heteroatoms. The van der Waals surface area contributed by atoms with E-state index in [0.29, 0.717) is 18.9 Å². The van der Waals surface area contributed by atoms with Crippen LogP contribution in [0.25, 0.3) is 0 Å². The van der Waals surface area contributed by atoms with E-state index in [1.54, 1.807) is 39.0 Å². The number of ether oxygens (including phenoxy) is 1. The van der Waals surface area contributed by atoms with Crippen molar-refractivity contribution in [3.8, 4) is 5.75 Å². The van der Waals surface area contributed by atoms with Crippen molar-refractivity contribution in [2.45, 2.75) is 45.1 Å². The summed E-state index contributed by atoms with van der Waals surface area (Å²) >= 11 is 0. The second-order valence-electron chi connectivity index (χ2n) is 5.60. The monoisotopic (exact) mass is 315 g/mol. The number of benzene rings is 1. The molecule has 0 saturated carbocycles. The molecule has 0 atom stereocenters. The Kier molecular flexibility index (Phi) is 5.78. The number of hydrogen-bond donors (Lipinski definition) is 1. The Bertz CT molecular complexity index is 576. The minimum Gasteiger partial charge on any atom is -0.494 e. The highest BCUT2D eigenvalue weighted by molar-refractivity contribution is 7.89. The predicted molar refractivity (Wildman–Crippen MR) is 83.1 cm³/mol. The van der Waals surface area contributed by atoms with Crippen LogP contribution < -0.4 is 4.74 Å². The van der Waals surface area contributed by atoms with Gasteiger partial charge in [-0.2, -0.15) is 4.31 Å². The fourth-order valence-electron chi connectivity index (χ4n) is 2.05. The standard InChI is InChI=1S/C15H25NO4S/c1-6-16(11-15(4,5)17)21(18,19)13-8-9-14(20-7-2)12(3)10-13/h8-10,17H,6-7,11H2,1-5H3. The molecule has 1 N–H and O–H groups in total. The van der Waals surface area contributed by atoms with Crippen molar-refractivity contribution in [2.24, 2.45) is 0 Å². The molecule has 0 amide bonds. The Labute approximate surface area is 127 Å². The number of rotatable bonds is 7. The van der Waals surface area contributed by atoms with Gasteiger partial charge in [-0.05, 0) is 51.5 Å². The van der Waals surface area contributed by atoms with E-state index in [4.69, 9.17) is 4.74 Å². The maximum atomic E-state index is 12.6. The van der Waals surface area contributed by atoms with Gasteiger partial charge in [0, 0.05) is 13.1 Å². The summed E-state index contributed by atoms with van der Waals surface area (Å²) in [5.41, 5.74) is -0.305. The number of likely N-dealkylation sites (N-methyl/N-ethyl adjacent to an activating group) is 1. The maximum Gasteiger partial charge on any atom is 0.243 e. The Balaban J connectivity index is 3.14. The molecule has 0 bridgehead atoms. The van der Waals surface area contributed by atoms with Crippen molar-refractivity contribution in [1.82, 2.24) is 4.31 Å². The third-order valence-corrected chi connectivity index (χ3v) is 4.92. The van der Waals surface area contributed by atoms with E-state index in [2.05, 4.69) is 0 Å². The van der Waals surface area contributed by atoms with E-state index in [-0.39, 0.29) is 11.4 Å². The van der Waals surface area contributed by atoms with Crippen LogP contribution in [0.1, 0.15) is 33.3 Å². The molecule has 120 valence electrons. The van der Waals surface area contributed by atoms with Gasteiger partial charge >= 0.3 is 0 Å². The van der Waals surface area contributed by atoms with Gasteiger partial charge < -0.3 is 9.84 Å². The minimum absolute atomic E-state index is 0.0537. The lowest BCUT2D eigenvalue weighted by atomic mass is 10.1. The van der Waals surface area contributed by atoms with Gasteiger partial charge in [0.25, 0.3) is 0 Å². The molecule has 1 aromatic rings. The van der Waals surface area contributed by atoms with Gasteiger partial charge in [-0.25, -0.2) is 8.42 Å². The first-order valence-electron chi connectivity index (χ1n) is 7.07. The number of nitrogens with zero attached hydrogens (tertiary/aromatic N) is 1. The molecule has 0 aliphatic carbocycles. The summed E-state index contributed by atoms with van der Waals surface area (Å²) in [7, 11) is -3.62. The lowest BCUT2D eigenvalue weighted by Gasteiger charge is -2.27.